The molecular weight excluding hydrogens is 422 g/mol. The predicted molar refractivity (Wildman–Crippen MR) is 111 cm³/mol. The first-order valence-electron chi connectivity index (χ1n) is 9.58. The quantitative estimate of drug-likeness (QED) is 0.232. The Labute approximate surface area is 183 Å². The third kappa shape index (κ3) is 6.51. The van der Waals surface area contributed by atoms with E-state index in [9.17, 15) is 29.7 Å². The van der Waals surface area contributed by atoms with Crippen LogP contribution in [0, 0.1) is 0 Å². The van der Waals surface area contributed by atoms with Crippen LogP contribution in [0.4, 0.5) is 4.79 Å². The first kappa shape index (κ1) is 24.3. The monoisotopic (exact) mass is 448 g/mol. The predicted octanol–water partition coefficient (Wildman–Crippen LogP) is -0.425. The molecule has 32 heavy (non-hydrogen) atoms. The molecule has 0 aliphatic rings. The van der Waals surface area contributed by atoms with Gasteiger partial charge in [-0.2, -0.15) is 0 Å². The SMILES string of the molecule is CNC(=O)Oc1ccc(CC(NC(=O)[C@@H]([NH3+])Cc2ccc(O)c(O)c2)C(=O)OC)cc1O. The number of methoxy groups -OCH3 is 1. The van der Waals surface area contributed by atoms with Crippen molar-refractivity contribution in [1.29, 1.82) is 0 Å². The van der Waals surface area contributed by atoms with Crippen LogP contribution in [0.25, 0.3) is 0 Å². The van der Waals surface area contributed by atoms with E-state index in [-0.39, 0.29) is 35.8 Å². The van der Waals surface area contributed by atoms with Crippen molar-refractivity contribution in [3.8, 4) is 23.0 Å². The van der Waals surface area contributed by atoms with E-state index in [1.165, 1.54) is 44.5 Å². The molecule has 0 aliphatic heterocycles. The number of rotatable bonds is 8. The second-order valence-electron chi connectivity index (χ2n) is 6.95. The van der Waals surface area contributed by atoms with Gasteiger partial charge in [0.05, 0.1) is 7.11 Å². The number of phenols is 3. The van der Waals surface area contributed by atoms with Crippen molar-refractivity contribution in [2.24, 2.45) is 0 Å². The maximum Gasteiger partial charge on any atom is 0.412 e. The van der Waals surface area contributed by atoms with Gasteiger partial charge < -0.3 is 41.2 Å². The van der Waals surface area contributed by atoms with Crippen LogP contribution < -0.4 is 21.1 Å². The molecule has 1 unspecified atom stereocenters. The number of phenolic OH excluding ortho intramolecular Hbond substituents is 3. The Morgan fingerprint density at radius 2 is 1.59 bits per heavy atom. The Balaban J connectivity index is 2.08. The molecule has 2 aromatic carbocycles. The molecule has 0 aromatic heterocycles. The number of carbonyl (C=O) groups excluding carboxylic acids is 3. The molecular formula is C21H26N3O8+. The Morgan fingerprint density at radius 3 is 2.19 bits per heavy atom. The molecule has 0 saturated heterocycles. The average molecular weight is 448 g/mol. The summed E-state index contributed by atoms with van der Waals surface area (Å²) in [6, 6.07) is 6.50. The van der Waals surface area contributed by atoms with E-state index < -0.39 is 30.1 Å². The van der Waals surface area contributed by atoms with Crippen molar-refractivity contribution in [1.82, 2.24) is 10.6 Å². The van der Waals surface area contributed by atoms with Crippen LogP contribution >= 0.6 is 0 Å². The smallest absolute Gasteiger partial charge is 0.412 e. The second-order valence-corrected chi connectivity index (χ2v) is 6.95. The van der Waals surface area contributed by atoms with Crippen molar-refractivity contribution >= 4 is 18.0 Å². The highest BCUT2D eigenvalue weighted by Crippen LogP contribution is 2.28. The molecule has 0 fully saturated rings. The Bertz CT molecular complexity index is 995. The fourth-order valence-corrected chi connectivity index (χ4v) is 2.86. The van der Waals surface area contributed by atoms with Crippen LogP contribution in [-0.2, 0) is 27.2 Å². The van der Waals surface area contributed by atoms with Crippen molar-refractivity contribution in [2.75, 3.05) is 14.2 Å². The van der Waals surface area contributed by atoms with Crippen LogP contribution in [0.1, 0.15) is 11.1 Å². The van der Waals surface area contributed by atoms with Crippen molar-refractivity contribution in [3.05, 3.63) is 47.5 Å². The van der Waals surface area contributed by atoms with Gasteiger partial charge in [0.2, 0.25) is 0 Å². The largest absolute Gasteiger partial charge is 0.504 e. The summed E-state index contributed by atoms with van der Waals surface area (Å²) >= 11 is 0. The highest BCUT2D eigenvalue weighted by Gasteiger charge is 2.27. The maximum atomic E-state index is 12.6. The fourth-order valence-electron chi connectivity index (χ4n) is 2.86. The van der Waals surface area contributed by atoms with E-state index in [0.717, 1.165) is 0 Å². The number of hydrogen-bond acceptors (Lipinski definition) is 8. The summed E-state index contributed by atoms with van der Waals surface area (Å²) in [4.78, 5) is 36.1. The van der Waals surface area contributed by atoms with E-state index in [1.54, 1.807) is 6.07 Å². The molecule has 2 aromatic rings. The number of ether oxygens (including phenoxy) is 2. The molecule has 0 radical (unpaired) electrons. The molecule has 0 bridgehead atoms. The van der Waals surface area contributed by atoms with E-state index in [1.807, 2.05) is 0 Å². The molecule has 8 N–H and O–H groups in total. The molecule has 0 saturated carbocycles. The van der Waals surface area contributed by atoms with E-state index in [2.05, 4.69) is 16.4 Å². The summed E-state index contributed by atoms with van der Waals surface area (Å²) in [7, 11) is 2.55. The number of carbonyl (C=O) groups is 3. The van der Waals surface area contributed by atoms with E-state index in [4.69, 9.17) is 9.47 Å². The standard InChI is InChI=1S/C21H25N3O8/c1-23-21(30)32-18-6-4-12(10-17(18)27)8-14(20(29)31-2)24-19(28)13(22)7-11-3-5-15(25)16(26)9-11/h3-6,9-10,13-14,25-27H,7-8,22H2,1-2H3,(H,23,30)(H,24,28)/p+1/t13-,14?/m0/s1. The van der Waals surface area contributed by atoms with Gasteiger partial charge in [0.25, 0.3) is 5.91 Å². The van der Waals surface area contributed by atoms with Gasteiger partial charge >= 0.3 is 12.1 Å². The summed E-state index contributed by atoms with van der Waals surface area (Å²) in [6.07, 6.45) is -0.602. The minimum Gasteiger partial charge on any atom is -0.504 e. The van der Waals surface area contributed by atoms with Gasteiger partial charge in [-0.05, 0) is 35.4 Å². The molecule has 0 aliphatic carbocycles. The lowest BCUT2D eigenvalue weighted by atomic mass is 10.0. The highest BCUT2D eigenvalue weighted by atomic mass is 16.6. The Kier molecular flexibility index (Phi) is 8.24. The number of esters is 1. The van der Waals surface area contributed by atoms with Crippen molar-refractivity contribution in [3.63, 3.8) is 0 Å². The van der Waals surface area contributed by atoms with Gasteiger partial charge in [-0.3, -0.25) is 4.79 Å². The van der Waals surface area contributed by atoms with Crippen molar-refractivity contribution in [2.45, 2.75) is 24.9 Å². The molecule has 11 heteroatoms. The number of hydrogen-bond donors (Lipinski definition) is 6. The van der Waals surface area contributed by atoms with Gasteiger partial charge in [0.15, 0.2) is 29.0 Å². The third-order valence-electron chi connectivity index (χ3n) is 4.56. The molecule has 2 atom stereocenters. The Morgan fingerprint density at radius 1 is 0.969 bits per heavy atom. The summed E-state index contributed by atoms with van der Waals surface area (Å²) < 4.78 is 9.65. The molecule has 11 nitrogen and oxygen atoms in total. The average Bonchev–Trinajstić information content (AvgIpc) is 2.76. The zero-order chi connectivity index (χ0) is 23.8. The lowest BCUT2D eigenvalue weighted by Gasteiger charge is -2.18. The lowest BCUT2D eigenvalue weighted by Crippen LogP contribution is -2.69. The highest BCUT2D eigenvalue weighted by molar-refractivity contribution is 5.87. The minimum atomic E-state index is -1.06. The van der Waals surface area contributed by atoms with Crippen LogP contribution in [0.5, 0.6) is 23.0 Å². The van der Waals surface area contributed by atoms with Crippen LogP contribution in [0.15, 0.2) is 36.4 Å². The molecule has 0 heterocycles. The minimum absolute atomic E-state index is 0.00105. The number of aromatic hydroxyl groups is 3. The van der Waals surface area contributed by atoms with Crippen LogP contribution in [-0.4, -0.2) is 59.5 Å². The van der Waals surface area contributed by atoms with Gasteiger partial charge in [0.1, 0.15) is 6.04 Å². The number of quaternary nitrogens is 1. The third-order valence-corrected chi connectivity index (χ3v) is 4.56. The number of amides is 2. The van der Waals surface area contributed by atoms with Crippen LogP contribution in [0.3, 0.4) is 0 Å². The fraction of sp³-hybridized carbons (Fsp3) is 0.286. The number of nitrogens with one attached hydrogen (secondary N) is 2. The first-order chi connectivity index (χ1) is 15.1. The molecule has 2 amide bonds. The molecule has 2 rings (SSSR count). The summed E-state index contributed by atoms with van der Waals surface area (Å²) in [5.74, 6) is -2.20. The van der Waals surface area contributed by atoms with E-state index >= 15 is 0 Å². The zero-order valence-corrected chi connectivity index (χ0v) is 17.6. The van der Waals surface area contributed by atoms with Gasteiger partial charge in [0, 0.05) is 19.9 Å². The lowest BCUT2D eigenvalue weighted by molar-refractivity contribution is -0.403. The second kappa shape index (κ2) is 10.9. The summed E-state index contributed by atoms with van der Waals surface area (Å²) in [5, 5.41) is 33.9. The molecule has 172 valence electrons. The van der Waals surface area contributed by atoms with Gasteiger partial charge in [-0.15, -0.1) is 0 Å². The first-order valence-corrected chi connectivity index (χ1v) is 9.58. The van der Waals surface area contributed by atoms with Crippen molar-refractivity contribution < 1.29 is 44.9 Å². The Hall–Kier alpha value is -3.99. The van der Waals surface area contributed by atoms with Gasteiger partial charge in [-0.25, -0.2) is 9.59 Å². The molecule has 0 spiro atoms. The number of benzene rings is 2. The maximum absolute atomic E-state index is 12.6. The summed E-state index contributed by atoms with van der Waals surface area (Å²) in [5.41, 5.74) is 4.84. The normalized spacial score (nSPS) is 12.3. The van der Waals surface area contributed by atoms with Crippen LogP contribution in [0.2, 0.25) is 0 Å². The van der Waals surface area contributed by atoms with Gasteiger partial charge in [-0.1, -0.05) is 12.1 Å². The van der Waals surface area contributed by atoms with E-state index in [0.29, 0.717) is 11.1 Å². The zero-order valence-electron chi connectivity index (χ0n) is 17.6. The summed E-state index contributed by atoms with van der Waals surface area (Å²) in [6.45, 7) is 0. The topological polar surface area (TPSA) is 182 Å².